The zero-order chi connectivity index (χ0) is 22.8. The highest BCUT2D eigenvalue weighted by molar-refractivity contribution is 7.88. The van der Waals surface area contributed by atoms with E-state index < -0.39 is 27.6 Å². The van der Waals surface area contributed by atoms with Crippen molar-refractivity contribution in [2.45, 2.75) is 30.9 Å². The molecule has 0 heterocycles. The first kappa shape index (κ1) is 22.9. The third kappa shape index (κ3) is 4.48. The van der Waals surface area contributed by atoms with Crippen LogP contribution < -0.4 is 9.47 Å². The van der Waals surface area contributed by atoms with Gasteiger partial charge in [0.2, 0.25) is 0 Å². The predicted molar refractivity (Wildman–Crippen MR) is 107 cm³/mol. The summed E-state index contributed by atoms with van der Waals surface area (Å²) in [6, 6.07) is 11.1. The van der Waals surface area contributed by atoms with Crippen molar-refractivity contribution >= 4 is 21.5 Å². The summed E-state index contributed by atoms with van der Waals surface area (Å²) in [7, 11) is -3.07. The van der Waals surface area contributed by atoms with Crippen molar-refractivity contribution in [3.8, 4) is 11.5 Å². The van der Waals surface area contributed by atoms with Gasteiger partial charge < -0.3 is 13.7 Å². The van der Waals surface area contributed by atoms with Crippen molar-refractivity contribution in [2.24, 2.45) is 0 Å². The molecule has 0 aliphatic heterocycles. The van der Waals surface area contributed by atoms with Crippen molar-refractivity contribution in [1.29, 1.82) is 0 Å². The summed E-state index contributed by atoms with van der Waals surface area (Å²) < 4.78 is 92.5. The fourth-order valence-corrected chi connectivity index (χ4v) is 4.03. The lowest BCUT2D eigenvalue weighted by Crippen LogP contribution is -2.37. The molecule has 31 heavy (non-hydrogen) atoms. The maximum atomic E-state index is 13.8. The molecule has 1 aliphatic rings. The van der Waals surface area contributed by atoms with Gasteiger partial charge in [-0.05, 0) is 60.7 Å². The quantitative estimate of drug-likeness (QED) is 0.424. The lowest BCUT2D eigenvalue weighted by molar-refractivity contribution is -0.0686. The molecule has 0 unspecified atom stereocenters. The van der Waals surface area contributed by atoms with Gasteiger partial charge in [-0.25, -0.2) is 8.78 Å². The van der Waals surface area contributed by atoms with E-state index in [1.54, 1.807) is 30.3 Å². The zero-order valence-electron chi connectivity index (χ0n) is 16.7. The summed E-state index contributed by atoms with van der Waals surface area (Å²) in [5, 5.41) is -5.37. The van der Waals surface area contributed by atoms with Gasteiger partial charge in [0.1, 0.15) is 11.5 Å². The maximum absolute atomic E-state index is 13.8. The Morgan fingerprint density at radius 1 is 0.935 bits per heavy atom. The second kappa shape index (κ2) is 8.78. The number of benzene rings is 2. The Labute approximate surface area is 177 Å². The van der Waals surface area contributed by atoms with E-state index in [1.165, 1.54) is 26.4 Å². The van der Waals surface area contributed by atoms with E-state index in [0.717, 1.165) is 0 Å². The summed E-state index contributed by atoms with van der Waals surface area (Å²) in [6.45, 7) is 0. The first-order valence-corrected chi connectivity index (χ1v) is 10.7. The summed E-state index contributed by atoms with van der Waals surface area (Å²) >= 11 is 0. The van der Waals surface area contributed by atoms with Crippen LogP contribution in [0.15, 0.2) is 42.5 Å². The van der Waals surface area contributed by atoms with Gasteiger partial charge in [-0.1, -0.05) is 12.1 Å². The van der Waals surface area contributed by atoms with Crippen molar-refractivity contribution in [3.63, 3.8) is 0 Å². The van der Waals surface area contributed by atoms with Crippen LogP contribution >= 0.6 is 0 Å². The standard InChI is InChI=1S/C21H20F4O5S/c1-28-15-8-6-13(7-9-15)17-5-3-4-14-12-16(29-2)10-11-18(14)19(17)30-31(26,27)21(24,25)20(22)23/h6-12,20H,3-5H2,1-2H3. The third-order valence-corrected chi connectivity index (χ3v) is 6.15. The van der Waals surface area contributed by atoms with Crippen molar-refractivity contribution < 1.29 is 39.6 Å². The molecule has 0 radical (unpaired) electrons. The highest BCUT2D eigenvalue weighted by atomic mass is 32.2. The number of fused-ring (bicyclic) bond motifs is 1. The van der Waals surface area contributed by atoms with E-state index >= 15 is 0 Å². The summed E-state index contributed by atoms with van der Waals surface area (Å²) in [6.07, 6.45) is -3.15. The van der Waals surface area contributed by atoms with Crippen LogP contribution in [0.3, 0.4) is 0 Å². The zero-order valence-corrected chi connectivity index (χ0v) is 17.5. The predicted octanol–water partition coefficient (Wildman–Crippen LogP) is 5.11. The second-order valence-electron chi connectivity index (χ2n) is 6.81. The van der Waals surface area contributed by atoms with Crippen molar-refractivity contribution in [3.05, 3.63) is 59.2 Å². The van der Waals surface area contributed by atoms with E-state index in [4.69, 9.17) is 13.7 Å². The SMILES string of the molecule is COc1ccc(C2=C(OS(=O)(=O)C(F)(F)C(F)F)c3ccc(OC)cc3CCC2)cc1. The number of aryl methyl sites for hydroxylation is 1. The topological polar surface area (TPSA) is 61.8 Å². The Morgan fingerprint density at radius 3 is 2.13 bits per heavy atom. The van der Waals surface area contributed by atoms with E-state index in [-0.39, 0.29) is 12.0 Å². The molecule has 0 spiro atoms. The molecule has 0 bridgehead atoms. The van der Waals surface area contributed by atoms with E-state index in [2.05, 4.69) is 0 Å². The van der Waals surface area contributed by atoms with Gasteiger partial charge in [-0.3, -0.25) is 0 Å². The molecule has 0 saturated carbocycles. The molecule has 0 aromatic heterocycles. The summed E-state index contributed by atoms with van der Waals surface area (Å²) in [5.74, 6) is 0.606. The average molecular weight is 460 g/mol. The van der Waals surface area contributed by atoms with Crippen LogP contribution in [-0.4, -0.2) is 34.3 Å². The molecule has 3 rings (SSSR count). The highest BCUT2D eigenvalue weighted by Gasteiger charge is 2.57. The molecule has 0 saturated heterocycles. The number of alkyl halides is 4. The summed E-state index contributed by atoms with van der Waals surface area (Å²) in [5.41, 5.74) is 1.61. The first-order valence-electron chi connectivity index (χ1n) is 9.25. The molecular formula is C21H20F4O5S. The summed E-state index contributed by atoms with van der Waals surface area (Å²) in [4.78, 5) is 0. The Hall–Kier alpha value is -2.75. The molecule has 10 heteroatoms. The van der Waals surface area contributed by atoms with Gasteiger partial charge in [0.15, 0.2) is 5.76 Å². The van der Waals surface area contributed by atoms with Gasteiger partial charge in [0, 0.05) is 11.1 Å². The molecule has 0 amide bonds. The number of allylic oxidation sites excluding steroid dienone is 1. The van der Waals surface area contributed by atoms with Crippen LogP contribution in [0.25, 0.3) is 11.3 Å². The molecule has 2 aromatic rings. The van der Waals surface area contributed by atoms with Gasteiger partial charge >= 0.3 is 21.8 Å². The largest absolute Gasteiger partial charge is 0.497 e. The number of rotatable bonds is 7. The van der Waals surface area contributed by atoms with Gasteiger partial charge in [-0.2, -0.15) is 17.2 Å². The maximum Gasteiger partial charge on any atom is 0.439 e. The van der Waals surface area contributed by atoms with E-state index in [0.29, 0.717) is 41.0 Å². The number of ether oxygens (including phenoxy) is 2. The normalized spacial score (nSPS) is 14.8. The number of methoxy groups -OCH3 is 2. The van der Waals surface area contributed by atoms with Crippen LogP contribution in [0, 0.1) is 0 Å². The molecule has 168 valence electrons. The number of hydrogen-bond donors (Lipinski definition) is 0. The minimum atomic E-state index is -5.98. The lowest BCUT2D eigenvalue weighted by atomic mass is 9.98. The van der Waals surface area contributed by atoms with Gasteiger partial charge in [0.05, 0.1) is 14.2 Å². The monoisotopic (exact) mass is 460 g/mol. The van der Waals surface area contributed by atoms with Gasteiger partial charge in [0.25, 0.3) is 0 Å². The number of hydrogen-bond acceptors (Lipinski definition) is 5. The van der Waals surface area contributed by atoms with E-state index in [9.17, 15) is 26.0 Å². The molecule has 2 aromatic carbocycles. The minimum absolute atomic E-state index is 0.220. The van der Waals surface area contributed by atoms with Crippen LogP contribution in [-0.2, 0) is 20.7 Å². The highest BCUT2D eigenvalue weighted by Crippen LogP contribution is 2.41. The van der Waals surface area contributed by atoms with Crippen LogP contribution in [0.5, 0.6) is 11.5 Å². The Bertz CT molecular complexity index is 1080. The smallest absolute Gasteiger partial charge is 0.439 e. The molecule has 1 aliphatic carbocycles. The molecule has 0 fully saturated rings. The fraction of sp³-hybridized carbons (Fsp3) is 0.333. The molecule has 5 nitrogen and oxygen atoms in total. The second-order valence-corrected chi connectivity index (χ2v) is 8.43. The minimum Gasteiger partial charge on any atom is -0.497 e. The van der Waals surface area contributed by atoms with Crippen LogP contribution in [0.4, 0.5) is 17.6 Å². The third-order valence-electron chi connectivity index (χ3n) is 4.92. The van der Waals surface area contributed by atoms with E-state index in [1.807, 2.05) is 0 Å². The molecule has 0 atom stereocenters. The lowest BCUT2D eigenvalue weighted by Gasteiger charge is -2.21. The molecule has 0 N–H and O–H groups in total. The van der Waals surface area contributed by atoms with Crippen LogP contribution in [0.1, 0.15) is 29.5 Å². The first-order chi connectivity index (χ1) is 14.6. The van der Waals surface area contributed by atoms with Crippen molar-refractivity contribution in [1.82, 2.24) is 0 Å². The Balaban J connectivity index is 2.22. The Morgan fingerprint density at radius 2 is 1.55 bits per heavy atom. The average Bonchev–Trinajstić information content (AvgIpc) is 2.92. The van der Waals surface area contributed by atoms with Crippen molar-refractivity contribution in [2.75, 3.05) is 14.2 Å². The Kier molecular flexibility index (Phi) is 6.49. The van der Waals surface area contributed by atoms with Crippen LogP contribution in [0.2, 0.25) is 0 Å². The fourth-order valence-electron chi connectivity index (χ4n) is 3.29. The number of halogens is 4. The molecular weight excluding hydrogens is 440 g/mol. The van der Waals surface area contributed by atoms with Gasteiger partial charge in [-0.15, -0.1) is 0 Å².